The first-order valence-electron chi connectivity index (χ1n) is 10.3. The molecule has 0 radical (unpaired) electrons. The Labute approximate surface area is 175 Å². The molecule has 0 aliphatic carbocycles. The molecule has 6 heteroatoms. The van der Waals surface area contributed by atoms with Crippen molar-refractivity contribution < 1.29 is 14.3 Å². The molecule has 0 bridgehead atoms. The monoisotopic (exact) mass is 403 g/mol. The van der Waals surface area contributed by atoms with Crippen molar-refractivity contribution in [3.05, 3.63) is 72.6 Å². The summed E-state index contributed by atoms with van der Waals surface area (Å²) in [5.41, 5.74) is 0.620. The highest BCUT2D eigenvalue weighted by atomic mass is 16.5. The van der Waals surface area contributed by atoms with Crippen LogP contribution in [0.1, 0.15) is 23.2 Å². The summed E-state index contributed by atoms with van der Waals surface area (Å²) in [6.07, 6.45) is 5.01. The first kappa shape index (κ1) is 19.9. The van der Waals surface area contributed by atoms with Crippen LogP contribution in [-0.4, -0.2) is 47.9 Å². The molecule has 0 spiro atoms. The van der Waals surface area contributed by atoms with E-state index < -0.39 is 0 Å². The molecule has 154 valence electrons. The van der Waals surface area contributed by atoms with Gasteiger partial charge in [-0.25, -0.2) is 0 Å². The average Bonchev–Trinajstić information content (AvgIpc) is 2.81. The summed E-state index contributed by atoms with van der Waals surface area (Å²) in [6.45, 7) is 2.00. The van der Waals surface area contributed by atoms with Crippen LogP contribution in [0.2, 0.25) is 0 Å². The third-order valence-corrected chi connectivity index (χ3v) is 5.49. The maximum atomic E-state index is 12.5. The van der Waals surface area contributed by atoms with Gasteiger partial charge in [0.1, 0.15) is 5.75 Å². The Morgan fingerprint density at radius 1 is 1.03 bits per heavy atom. The molecule has 1 aromatic heterocycles. The summed E-state index contributed by atoms with van der Waals surface area (Å²) < 4.78 is 5.64. The minimum atomic E-state index is -0.128. The van der Waals surface area contributed by atoms with Crippen LogP contribution < -0.4 is 10.1 Å². The zero-order chi connectivity index (χ0) is 20.8. The molecule has 1 aliphatic heterocycles. The summed E-state index contributed by atoms with van der Waals surface area (Å²) in [6, 6.07) is 17.4. The average molecular weight is 403 g/mol. The predicted molar refractivity (Wildman–Crippen MR) is 115 cm³/mol. The number of ether oxygens (including phenoxy) is 1. The van der Waals surface area contributed by atoms with E-state index in [1.54, 1.807) is 24.5 Å². The van der Waals surface area contributed by atoms with Crippen LogP contribution in [-0.2, 0) is 4.79 Å². The molecule has 2 aromatic carbocycles. The highest BCUT2D eigenvalue weighted by molar-refractivity contribution is 5.93. The number of nitrogens with zero attached hydrogens (tertiary/aromatic N) is 2. The van der Waals surface area contributed by atoms with Crippen molar-refractivity contribution in [2.45, 2.75) is 12.8 Å². The van der Waals surface area contributed by atoms with Crippen molar-refractivity contribution in [3.63, 3.8) is 0 Å². The molecule has 6 nitrogen and oxygen atoms in total. The third kappa shape index (κ3) is 4.95. The SMILES string of the molecule is O=C(COc1ccc2ccccc2c1)NCC1CCN(C(=O)c2cccnc2)CC1. The van der Waals surface area contributed by atoms with Gasteiger partial charge in [-0.05, 0) is 53.8 Å². The summed E-state index contributed by atoms with van der Waals surface area (Å²) in [7, 11) is 0. The smallest absolute Gasteiger partial charge is 0.257 e. The number of rotatable bonds is 6. The van der Waals surface area contributed by atoms with Crippen molar-refractivity contribution in [1.29, 1.82) is 0 Å². The van der Waals surface area contributed by atoms with Gasteiger partial charge in [-0.2, -0.15) is 0 Å². The second kappa shape index (κ2) is 9.39. The summed E-state index contributed by atoms with van der Waals surface area (Å²) in [5, 5.41) is 5.19. The number of amides is 2. The van der Waals surface area contributed by atoms with Crippen LogP contribution in [0.25, 0.3) is 10.8 Å². The van der Waals surface area contributed by atoms with Crippen LogP contribution >= 0.6 is 0 Å². The Balaban J connectivity index is 1.19. The normalized spacial score (nSPS) is 14.5. The molecule has 30 heavy (non-hydrogen) atoms. The highest BCUT2D eigenvalue weighted by Crippen LogP contribution is 2.21. The zero-order valence-corrected chi connectivity index (χ0v) is 16.8. The highest BCUT2D eigenvalue weighted by Gasteiger charge is 2.24. The van der Waals surface area contributed by atoms with Crippen molar-refractivity contribution in [1.82, 2.24) is 15.2 Å². The van der Waals surface area contributed by atoms with Crippen LogP contribution in [0.15, 0.2) is 67.0 Å². The Bertz CT molecular complexity index is 1010. The lowest BCUT2D eigenvalue weighted by Gasteiger charge is -2.32. The quantitative estimate of drug-likeness (QED) is 0.686. The van der Waals surface area contributed by atoms with Gasteiger partial charge in [-0.1, -0.05) is 30.3 Å². The number of hydrogen-bond donors (Lipinski definition) is 1. The number of likely N-dealkylation sites (tertiary alicyclic amines) is 1. The molecule has 2 heterocycles. The number of aromatic nitrogens is 1. The van der Waals surface area contributed by atoms with E-state index >= 15 is 0 Å². The summed E-state index contributed by atoms with van der Waals surface area (Å²) >= 11 is 0. The maximum absolute atomic E-state index is 12.5. The molecule has 4 rings (SSSR count). The molecule has 1 N–H and O–H groups in total. The lowest BCUT2D eigenvalue weighted by molar-refractivity contribution is -0.123. The molecule has 1 aliphatic rings. The molecule has 3 aromatic rings. The molecule has 0 unspecified atom stereocenters. The molecular formula is C24H25N3O3. The van der Waals surface area contributed by atoms with E-state index in [4.69, 9.17) is 4.74 Å². The van der Waals surface area contributed by atoms with Gasteiger partial charge >= 0.3 is 0 Å². The largest absolute Gasteiger partial charge is 0.484 e. The number of carbonyl (C=O) groups excluding carboxylic acids is 2. The summed E-state index contributed by atoms with van der Waals surface area (Å²) in [4.78, 5) is 30.5. The molecule has 1 saturated heterocycles. The second-order valence-corrected chi connectivity index (χ2v) is 7.58. The molecule has 1 fully saturated rings. The number of nitrogens with one attached hydrogen (secondary N) is 1. The number of fused-ring (bicyclic) bond motifs is 1. The van der Waals surface area contributed by atoms with Crippen molar-refractivity contribution in [2.24, 2.45) is 5.92 Å². The van der Waals surface area contributed by atoms with E-state index in [0.29, 0.717) is 36.9 Å². The molecule has 2 amide bonds. The molecule has 0 atom stereocenters. The van der Waals surface area contributed by atoms with Crippen molar-refractivity contribution in [2.75, 3.05) is 26.2 Å². The van der Waals surface area contributed by atoms with Crippen LogP contribution in [0.5, 0.6) is 5.75 Å². The number of piperidine rings is 1. The Kier molecular flexibility index (Phi) is 6.23. The standard InChI is InChI=1S/C24H25N3O3/c28-23(17-30-22-8-7-19-4-1-2-5-20(19)14-22)26-15-18-9-12-27(13-10-18)24(29)21-6-3-11-25-16-21/h1-8,11,14,16,18H,9-10,12-13,15,17H2,(H,26,28). The van der Waals surface area contributed by atoms with Gasteiger partial charge in [0.05, 0.1) is 5.56 Å². The van der Waals surface area contributed by atoms with Crippen molar-refractivity contribution in [3.8, 4) is 5.75 Å². The van der Waals surface area contributed by atoms with Gasteiger partial charge in [0.15, 0.2) is 6.61 Å². The van der Waals surface area contributed by atoms with Gasteiger partial charge in [-0.3, -0.25) is 14.6 Å². The first-order chi connectivity index (χ1) is 14.7. The molecule has 0 saturated carbocycles. The summed E-state index contributed by atoms with van der Waals surface area (Å²) in [5.74, 6) is 0.949. The second-order valence-electron chi connectivity index (χ2n) is 7.58. The lowest BCUT2D eigenvalue weighted by Crippen LogP contribution is -2.42. The molecular weight excluding hydrogens is 378 g/mol. The Morgan fingerprint density at radius 3 is 2.60 bits per heavy atom. The van der Waals surface area contributed by atoms with Gasteiger partial charge in [0, 0.05) is 32.0 Å². The van der Waals surface area contributed by atoms with Gasteiger partial charge < -0.3 is 15.0 Å². The van der Waals surface area contributed by atoms with E-state index in [0.717, 1.165) is 23.6 Å². The predicted octanol–water partition coefficient (Wildman–Crippen LogP) is 3.28. The van der Waals surface area contributed by atoms with E-state index in [1.165, 1.54) is 0 Å². The minimum Gasteiger partial charge on any atom is -0.484 e. The fourth-order valence-electron chi connectivity index (χ4n) is 3.73. The Hall–Kier alpha value is -3.41. The lowest BCUT2D eigenvalue weighted by atomic mass is 9.96. The third-order valence-electron chi connectivity index (χ3n) is 5.49. The number of hydrogen-bond acceptors (Lipinski definition) is 4. The number of carbonyl (C=O) groups is 2. The number of pyridine rings is 1. The first-order valence-corrected chi connectivity index (χ1v) is 10.3. The van der Waals surface area contributed by atoms with Crippen LogP contribution in [0.4, 0.5) is 0 Å². The zero-order valence-electron chi connectivity index (χ0n) is 16.8. The van der Waals surface area contributed by atoms with Crippen molar-refractivity contribution >= 4 is 22.6 Å². The fourth-order valence-corrected chi connectivity index (χ4v) is 3.73. The van der Waals surface area contributed by atoms with Gasteiger partial charge in [0.2, 0.25) is 0 Å². The van der Waals surface area contributed by atoms with E-state index in [1.807, 2.05) is 47.4 Å². The maximum Gasteiger partial charge on any atom is 0.257 e. The van der Waals surface area contributed by atoms with E-state index in [2.05, 4.69) is 10.3 Å². The minimum absolute atomic E-state index is 0.00330. The van der Waals surface area contributed by atoms with E-state index in [9.17, 15) is 9.59 Å². The Morgan fingerprint density at radius 2 is 1.83 bits per heavy atom. The van der Waals surface area contributed by atoms with Crippen LogP contribution in [0, 0.1) is 5.92 Å². The fraction of sp³-hybridized carbons (Fsp3) is 0.292. The van der Waals surface area contributed by atoms with Gasteiger partial charge in [-0.15, -0.1) is 0 Å². The van der Waals surface area contributed by atoms with Gasteiger partial charge in [0.25, 0.3) is 11.8 Å². The number of benzene rings is 2. The van der Waals surface area contributed by atoms with E-state index in [-0.39, 0.29) is 18.4 Å². The van der Waals surface area contributed by atoms with Crippen LogP contribution in [0.3, 0.4) is 0 Å². The topological polar surface area (TPSA) is 71.5 Å².